The summed E-state index contributed by atoms with van der Waals surface area (Å²) in [5, 5.41) is 28.9. The van der Waals surface area contributed by atoms with E-state index in [1.807, 2.05) is 16.7 Å². The molecular weight excluding hydrogens is 350 g/mol. The summed E-state index contributed by atoms with van der Waals surface area (Å²) in [4.78, 5) is 6.44. The SMILES string of the molecule is Oc1cccc(Cn2cc(C(O)c3c(C4CC4)sc4cncn34)nn2)c1. The molecule has 1 aromatic carbocycles. The van der Waals surface area contributed by atoms with E-state index in [1.54, 1.807) is 46.7 Å². The van der Waals surface area contributed by atoms with Crippen molar-refractivity contribution >= 4 is 16.2 Å². The third-order valence-corrected chi connectivity index (χ3v) is 5.90. The molecule has 1 fully saturated rings. The summed E-state index contributed by atoms with van der Waals surface area (Å²) in [5.74, 6) is 0.754. The lowest BCUT2D eigenvalue weighted by atomic mass is 10.1. The van der Waals surface area contributed by atoms with Crippen molar-refractivity contribution in [1.82, 2.24) is 24.4 Å². The number of aliphatic hydroxyl groups is 1. The van der Waals surface area contributed by atoms with E-state index >= 15 is 0 Å². The lowest BCUT2D eigenvalue weighted by molar-refractivity contribution is 0.208. The van der Waals surface area contributed by atoms with Crippen LogP contribution in [0.4, 0.5) is 0 Å². The molecule has 1 aliphatic rings. The van der Waals surface area contributed by atoms with Crippen molar-refractivity contribution in [3.05, 3.63) is 64.8 Å². The minimum atomic E-state index is -0.841. The first kappa shape index (κ1) is 15.5. The van der Waals surface area contributed by atoms with Gasteiger partial charge in [0.05, 0.1) is 24.6 Å². The molecule has 2 N–H and O–H groups in total. The fourth-order valence-electron chi connectivity index (χ4n) is 3.23. The number of fused-ring (bicyclic) bond motifs is 1. The van der Waals surface area contributed by atoms with E-state index in [4.69, 9.17) is 0 Å². The number of aromatic nitrogens is 5. The van der Waals surface area contributed by atoms with Crippen LogP contribution in [-0.4, -0.2) is 34.6 Å². The number of rotatable bonds is 5. The third-order valence-electron chi connectivity index (χ3n) is 4.63. The van der Waals surface area contributed by atoms with Crippen molar-refractivity contribution in [1.29, 1.82) is 0 Å². The maximum atomic E-state index is 11.0. The van der Waals surface area contributed by atoms with Crippen molar-refractivity contribution in [3.63, 3.8) is 0 Å². The van der Waals surface area contributed by atoms with E-state index in [0.29, 0.717) is 18.2 Å². The number of phenolic OH excluding ortho intramolecular Hbond substituents is 1. The molecule has 1 atom stereocenters. The molecule has 26 heavy (non-hydrogen) atoms. The Hall–Kier alpha value is -2.71. The first-order valence-electron chi connectivity index (χ1n) is 8.49. The van der Waals surface area contributed by atoms with Crippen molar-refractivity contribution in [3.8, 4) is 5.75 Å². The van der Waals surface area contributed by atoms with Gasteiger partial charge in [0.1, 0.15) is 28.7 Å². The van der Waals surface area contributed by atoms with Crippen molar-refractivity contribution in [2.75, 3.05) is 0 Å². The van der Waals surface area contributed by atoms with Gasteiger partial charge >= 0.3 is 0 Å². The molecule has 8 heteroatoms. The maximum Gasteiger partial charge on any atom is 0.141 e. The van der Waals surface area contributed by atoms with Crippen LogP contribution in [0.5, 0.6) is 5.75 Å². The number of thiazole rings is 1. The van der Waals surface area contributed by atoms with Crippen molar-refractivity contribution in [2.45, 2.75) is 31.4 Å². The van der Waals surface area contributed by atoms with E-state index < -0.39 is 6.10 Å². The van der Waals surface area contributed by atoms with E-state index in [0.717, 1.165) is 16.1 Å². The second-order valence-corrected chi connectivity index (χ2v) is 7.70. The molecule has 1 aliphatic carbocycles. The molecule has 0 saturated heterocycles. The van der Waals surface area contributed by atoms with Crippen LogP contribution in [-0.2, 0) is 6.54 Å². The minimum absolute atomic E-state index is 0.220. The van der Waals surface area contributed by atoms with Crippen LogP contribution in [0.2, 0.25) is 0 Å². The molecule has 3 heterocycles. The first-order chi connectivity index (χ1) is 12.7. The molecule has 0 amide bonds. The van der Waals surface area contributed by atoms with Gasteiger partial charge in [-0.15, -0.1) is 16.4 Å². The number of imidazole rings is 1. The summed E-state index contributed by atoms with van der Waals surface area (Å²) < 4.78 is 3.62. The quantitative estimate of drug-likeness (QED) is 0.566. The lowest BCUT2D eigenvalue weighted by Gasteiger charge is -2.09. The van der Waals surface area contributed by atoms with Gasteiger partial charge in [0.2, 0.25) is 0 Å². The Bertz CT molecular complexity index is 1080. The highest BCUT2D eigenvalue weighted by atomic mass is 32.1. The first-order valence-corrected chi connectivity index (χ1v) is 9.31. The second kappa shape index (κ2) is 5.93. The fraction of sp³-hybridized carbons (Fsp3) is 0.278. The summed E-state index contributed by atoms with van der Waals surface area (Å²) in [6.45, 7) is 0.480. The number of nitrogens with zero attached hydrogens (tertiary/aromatic N) is 5. The van der Waals surface area contributed by atoms with Gasteiger partial charge in [-0.1, -0.05) is 17.3 Å². The summed E-state index contributed by atoms with van der Waals surface area (Å²) in [5.41, 5.74) is 2.29. The molecule has 0 spiro atoms. The molecule has 1 unspecified atom stereocenters. The highest BCUT2D eigenvalue weighted by Crippen LogP contribution is 2.47. The Balaban J connectivity index is 1.46. The predicted molar refractivity (Wildman–Crippen MR) is 96.3 cm³/mol. The van der Waals surface area contributed by atoms with Crippen LogP contribution in [0, 0.1) is 0 Å². The number of aliphatic hydroxyl groups excluding tert-OH is 1. The van der Waals surface area contributed by atoms with Gasteiger partial charge in [-0.05, 0) is 36.5 Å². The van der Waals surface area contributed by atoms with Crippen LogP contribution in [0.1, 0.15) is 46.7 Å². The van der Waals surface area contributed by atoms with Crippen molar-refractivity contribution < 1.29 is 10.2 Å². The maximum absolute atomic E-state index is 11.0. The molecule has 4 aromatic rings. The van der Waals surface area contributed by atoms with E-state index in [2.05, 4.69) is 15.3 Å². The van der Waals surface area contributed by atoms with Gasteiger partial charge in [-0.25, -0.2) is 9.67 Å². The fourth-order valence-corrected chi connectivity index (χ4v) is 4.53. The average molecular weight is 367 g/mol. The number of benzene rings is 1. The Labute approximate surface area is 153 Å². The van der Waals surface area contributed by atoms with Crippen LogP contribution in [0.25, 0.3) is 4.83 Å². The largest absolute Gasteiger partial charge is 0.508 e. The van der Waals surface area contributed by atoms with Gasteiger partial charge in [-0.3, -0.25) is 4.40 Å². The Morgan fingerprint density at radius 2 is 2.19 bits per heavy atom. The second-order valence-electron chi connectivity index (χ2n) is 6.64. The summed E-state index contributed by atoms with van der Waals surface area (Å²) >= 11 is 1.69. The minimum Gasteiger partial charge on any atom is -0.508 e. The molecule has 1 saturated carbocycles. The molecule has 0 radical (unpaired) electrons. The third kappa shape index (κ3) is 2.67. The van der Waals surface area contributed by atoms with Gasteiger partial charge in [0, 0.05) is 4.88 Å². The van der Waals surface area contributed by atoms with Crippen LogP contribution < -0.4 is 0 Å². The molecule has 0 bridgehead atoms. The van der Waals surface area contributed by atoms with E-state index in [-0.39, 0.29) is 5.75 Å². The van der Waals surface area contributed by atoms with Crippen LogP contribution in [0.3, 0.4) is 0 Å². The summed E-state index contributed by atoms with van der Waals surface area (Å²) in [6.07, 6.45) is 6.82. The van der Waals surface area contributed by atoms with E-state index in [1.165, 1.54) is 17.7 Å². The smallest absolute Gasteiger partial charge is 0.141 e. The zero-order valence-electron chi connectivity index (χ0n) is 13.9. The number of hydrogen-bond acceptors (Lipinski definition) is 6. The standard InChI is InChI=1S/C18H17N5O2S/c24-13-3-1-2-11(6-13)8-22-9-14(20-21-22)17(25)16-18(12-4-5-12)26-15-7-19-10-23(15)16/h1-3,6-7,9-10,12,17,24-25H,4-5,8H2. The Morgan fingerprint density at radius 3 is 3.00 bits per heavy atom. The molecule has 7 nitrogen and oxygen atoms in total. The van der Waals surface area contributed by atoms with Gasteiger partial charge in [-0.2, -0.15) is 0 Å². The Kier molecular flexibility index (Phi) is 3.54. The zero-order chi connectivity index (χ0) is 17.7. The number of phenols is 1. The Morgan fingerprint density at radius 1 is 1.31 bits per heavy atom. The lowest BCUT2D eigenvalue weighted by Crippen LogP contribution is -2.06. The predicted octanol–water partition coefficient (Wildman–Crippen LogP) is 2.70. The average Bonchev–Trinajstić information content (AvgIpc) is 3.03. The topological polar surface area (TPSA) is 88.5 Å². The van der Waals surface area contributed by atoms with E-state index in [9.17, 15) is 10.2 Å². The molecular formula is C18H17N5O2S. The van der Waals surface area contributed by atoms with Gasteiger partial charge in [0.25, 0.3) is 0 Å². The molecule has 5 rings (SSSR count). The zero-order valence-corrected chi connectivity index (χ0v) is 14.7. The summed E-state index contributed by atoms with van der Waals surface area (Å²) in [7, 11) is 0. The monoisotopic (exact) mass is 367 g/mol. The highest BCUT2D eigenvalue weighted by Gasteiger charge is 2.33. The normalized spacial score (nSPS) is 15.6. The van der Waals surface area contributed by atoms with Crippen LogP contribution in [0.15, 0.2) is 43.0 Å². The molecule has 0 aliphatic heterocycles. The van der Waals surface area contributed by atoms with Crippen LogP contribution >= 0.6 is 11.3 Å². The molecule has 132 valence electrons. The highest BCUT2D eigenvalue weighted by molar-refractivity contribution is 7.17. The van der Waals surface area contributed by atoms with Gasteiger partial charge < -0.3 is 10.2 Å². The number of aromatic hydroxyl groups is 1. The van der Waals surface area contributed by atoms with Crippen molar-refractivity contribution in [2.24, 2.45) is 0 Å². The number of hydrogen-bond donors (Lipinski definition) is 2. The molecule has 3 aromatic heterocycles. The van der Waals surface area contributed by atoms with Gasteiger partial charge in [0.15, 0.2) is 0 Å². The summed E-state index contributed by atoms with van der Waals surface area (Å²) in [6, 6.07) is 7.03.